The van der Waals surface area contributed by atoms with Gasteiger partial charge in [0.1, 0.15) is 23.7 Å². The molecule has 0 bridgehead atoms. The van der Waals surface area contributed by atoms with Gasteiger partial charge in [0.05, 0.1) is 11.3 Å². The summed E-state index contributed by atoms with van der Waals surface area (Å²) in [7, 11) is 0. The fraction of sp³-hybridized carbons (Fsp3) is 0.250. The predicted molar refractivity (Wildman–Crippen MR) is 105 cm³/mol. The number of amides is 1. The summed E-state index contributed by atoms with van der Waals surface area (Å²) in [5.74, 6) is 1.11. The molecule has 7 nitrogen and oxygen atoms in total. The number of rotatable bonds is 4. The van der Waals surface area contributed by atoms with Crippen molar-refractivity contribution < 1.29 is 18.3 Å². The summed E-state index contributed by atoms with van der Waals surface area (Å²) in [6.45, 7) is 2.54. The van der Waals surface area contributed by atoms with Gasteiger partial charge in [-0.05, 0) is 30.7 Å². The van der Waals surface area contributed by atoms with Gasteiger partial charge >= 0.3 is 0 Å². The Morgan fingerprint density at radius 2 is 2.03 bits per heavy atom. The number of halogens is 2. The maximum Gasteiger partial charge on any atom is 0.289 e. The van der Waals surface area contributed by atoms with E-state index in [1.807, 2.05) is 0 Å². The highest BCUT2D eigenvalue weighted by molar-refractivity contribution is 6.30. The highest BCUT2D eigenvalue weighted by Crippen LogP contribution is 2.26. The van der Waals surface area contributed by atoms with E-state index >= 15 is 0 Å². The molecule has 1 aromatic carbocycles. The first kappa shape index (κ1) is 19.2. The number of aromatic nitrogens is 2. The number of ether oxygens (including phenoxy) is 1. The first-order valence-electron chi connectivity index (χ1n) is 9.13. The van der Waals surface area contributed by atoms with Gasteiger partial charge in [0.15, 0.2) is 5.76 Å². The molecule has 29 heavy (non-hydrogen) atoms. The second-order valence-electron chi connectivity index (χ2n) is 6.50. The first-order valence-corrected chi connectivity index (χ1v) is 9.50. The quantitative estimate of drug-likeness (QED) is 0.640. The zero-order valence-electron chi connectivity index (χ0n) is 15.4. The van der Waals surface area contributed by atoms with Crippen LogP contribution in [0.5, 0.6) is 11.6 Å². The maximum atomic E-state index is 13.3. The molecule has 9 heteroatoms. The largest absolute Gasteiger partial charge is 0.459 e. The number of hydrogen-bond acceptors (Lipinski definition) is 6. The van der Waals surface area contributed by atoms with Crippen molar-refractivity contribution in [1.82, 2.24) is 14.9 Å². The minimum absolute atomic E-state index is 0.0226. The molecule has 0 saturated carbocycles. The molecule has 0 radical (unpaired) electrons. The number of hydrogen-bond donors (Lipinski definition) is 0. The Morgan fingerprint density at radius 3 is 2.83 bits per heavy atom. The molecular weight excluding hydrogens is 399 g/mol. The van der Waals surface area contributed by atoms with Crippen LogP contribution in [0, 0.1) is 5.82 Å². The van der Waals surface area contributed by atoms with Crippen LogP contribution in [-0.2, 0) is 0 Å². The van der Waals surface area contributed by atoms with E-state index in [1.165, 1.54) is 30.8 Å². The molecule has 1 saturated heterocycles. The van der Waals surface area contributed by atoms with Crippen LogP contribution in [0.3, 0.4) is 0 Å². The van der Waals surface area contributed by atoms with Crippen LogP contribution in [0.25, 0.3) is 0 Å². The standard InChI is InChI=1S/C20H18ClFN4O3/c21-15-11-14(4-5-16(15)22)29-19-12-18(23-13-24-19)25-6-2-7-26(9-8-25)20(27)17-3-1-10-28-17/h1,3-5,10-13H,2,6-9H2. The number of carbonyl (C=O) groups excluding carboxylic acids is 1. The minimum Gasteiger partial charge on any atom is -0.459 e. The van der Waals surface area contributed by atoms with E-state index in [2.05, 4.69) is 14.9 Å². The van der Waals surface area contributed by atoms with Gasteiger partial charge in [0.25, 0.3) is 5.91 Å². The molecule has 0 aliphatic carbocycles. The second kappa shape index (κ2) is 8.48. The lowest BCUT2D eigenvalue weighted by Crippen LogP contribution is -2.35. The van der Waals surface area contributed by atoms with Crippen LogP contribution in [-0.4, -0.2) is 47.0 Å². The van der Waals surface area contributed by atoms with Crippen molar-refractivity contribution in [3.8, 4) is 11.6 Å². The third-order valence-corrected chi connectivity index (χ3v) is 4.87. The van der Waals surface area contributed by atoms with E-state index < -0.39 is 5.82 Å². The Labute approximate surface area is 171 Å². The zero-order chi connectivity index (χ0) is 20.2. The SMILES string of the molecule is O=C(c1ccco1)N1CCCN(c2cc(Oc3ccc(F)c(Cl)c3)ncn2)CC1. The topological polar surface area (TPSA) is 71.7 Å². The normalized spacial score (nSPS) is 14.6. The lowest BCUT2D eigenvalue weighted by molar-refractivity contribution is 0.0735. The number of nitrogens with zero attached hydrogens (tertiary/aromatic N) is 4. The van der Waals surface area contributed by atoms with Gasteiger partial charge in [-0.25, -0.2) is 14.4 Å². The van der Waals surface area contributed by atoms with Gasteiger partial charge in [-0.15, -0.1) is 0 Å². The predicted octanol–water partition coefficient (Wildman–Crippen LogP) is 4.01. The molecule has 0 spiro atoms. The fourth-order valence-corrected chi connectivity index (χ4v) is 3.30. The van der Waals surface area contributed by atoms with E-state index in [4.69, 9.17) is 20.8 Å². The fourth-order valence-electron chi connectivity index (χ4n) is 3.13. The molecule has 0 atom stereocenters. The third-order valence-electron chi connectivity index (χ3n) is 4.58. The van der Waals surface area contributed by atoms with Crippen molar-refractivity contribution in [3.63, 3.8) is 0 Å². The monoisotopic (exact) mass is 416 g/mol. The van der Waals surface area contributed by atoms with Crippen LogP contribution in [0.2, 0.25) is 5.02 Å². The molecule has 0 unspecified atom stereocenters. The molecule has 3 aromatic rings. The van der Waals surface area contributed by atoms with Gasteiger partial charge in [-0.2, -0.15) is 0 Å². The van der Waals surface area contributed by atoms with E-state index in [-0.39, 0.29) is 10.9 Å². The highest BCUT2D eigenvalue weighted by Gasteiger charge is 2.22. The number of benzene rings is 1. The smallest absolute Gasteiger partial charge is 0.289 e. The van der Waals surface area contributed by atoms with E-state index in [9.17, 15) is 9.18 Å². The molecule has 1 aliphatic heterocycles. The summed E-state index contributed by atoms with van der Waals surface area (Å²) in [4.78, 5) is 24.8. The van der Waals surface area contributed by atoms with Crippen molar-refractivity contribution in [2.75, 3.05) is 31.1 Å². The van der Waals surface area contributed by atoms with E-state index in [0.29, 0.717) is 42.8 Å². The van der Waals surface area contributed by atoms with Crippen molar-refractivity contribution in [3.05, 3.63) is 65.6 Å². The van der Waals surface area contributed by atoms with Gasteiger partial charge in [0, 0.05) is 38.3 Å². The van der Waals surface area contributed by atoms with Crippen molar-refractivity contribution in [2.45, 2.75) is 6.42 Å². The average molecular weight is 417 g/mol. The number of carbonyl (C=O) groups is 1. The summed E-state index contributed by atoms with van der Waals surface area (Å²) in [6, 6.07) is 9.19. The molecule has 150 valence electrons. The molecule has 4 rings (SSSR count). The van der Waals surface area contributed by atoms with Gasteiger partial charge in [-0.1, -0.05) is 11.6 Å². The first-order chi connectivity index (χ1) is 14.1. The molecular formula is C20H18ClFN4O3. The van der Waals surface area contributed by atoms with Crippen LogP contribution >= 0.6 is 11.6 Å². The Kier molecular flexibility index (Phi) is 5.62. The van der Waals surface area contributed by atoms with Gasteiger partial charge < -0.3 is 19.0 Å². The Morgan fingerprint density at radius 1 is 1.14 bits per heavy atom. The maximum absolute atomic E-state index is 13.3. The van der Waals surface area contributed by atoms with Crippen molar-refractivity contribution in [1.29, 1.82) is 0 Å². The van der Waals surface area contributed by atoms with Gasteiger partial charge in [-0.3, -0.25) is 4.79 Å². The Balaban J connectivity index is 1.44. The van der Waals surface area contributed by atoms with Crippen LogP contribution in [0.4, 0.5) is 10.2 Å². The Bertz CT molecular complexity index is 999. The third kappa shape index (κ3) is 4.48. The summed E-state index contributed by atoms with van der Waals surface area (Å²) < 4.78 is 24.2. The Hall–Kier alpha value is -3.13. The van der Waals surface area contributed by atoms with E-state index in [0.717, 1.165) is 13.0 Å². The summed E-state index contributed by atoms with van der Waals surface area (Å²) in [5, 5.41) is -0.0226. The summed E-state index contributed by atoms with van der Waals surface area (Å²) in [5.41, 5.74) is 0. The average Bonchev–Trinajstić information content (AvgIpc) is 3.15. The number of furan rings is 1. The lowest BCUT2D eigenvalue weighted by Gasteiger charge is -2.22. The van der Waals surface area contributed by atoms with Crippen LogP contribution in [0.1, 0.15) is 17.0 Å². The zero-order valence-corrected chi connectivity index (χ0v) is 16.2. The van der Waals surface area contributed by atoms with Gasteiger partial charge in [0.2, 0.25) is 5.88 Å². The molecule has 2 aromatic heterocycles. The highest BCUT2D eigenvalue weighted by atomic mass is 35.5. The molecule has 1 fully saturated rings. The summed E-state index contributed by atoms with van der Waals surface area (Å²) in [6.07, 6.45) is 3.70. The minimum atomic E-state index is -0.513. The lowest BCUT2D eigenvalue weighted by atomic mass is 10.3. The van der Waals surface area contributed by atoms with Crippen molar-refractivity contribution >= 4 is 23.3 Å². The molecule has 0 N–H and O–H groups in total. The number of anilines is 1. The van der Waals surface area contributed by atoms with Crippen molar-refractivity contribution in [2.24, 2.45) is 0 Å². The summed E-state index contributed by atoms with van der Waals surface area (Å²) >= 11 is 5.79. The van der Waals surface area contributed by atoms with Crippen LogP contribution in [0.15, 0.2) is 53.4 Å². The van der Waals surface area contributed by atoms with E-state index in [1.54, 1.807) is 23.1 Å². The molecule has 1 amide bonds. The van der Waals surface area contributed by atoms with Crippen LogP contribution < -0.4 is 9.64 Å². The molecule has 3 heterocycles. The second-order valence-corrected chi connectivity index (χ2v) is 6.91. The molecule has 1 aliphatic rings.